The number of hydrogen-bond donors (Lipinski definition) is 2. The Labute approximate surface area is 164 Å². The van der Waals surface area contributed by atoms with E-state index in [1.165, 1.54) is 0 Å². The lowest BCUT2D eigenvalue weighted by atomic mass is 9.94. The Bertz CT molecular complexity index is 966. The van der Waals surface area contributed by atoms with E-state index in [1.54, 1.807) is 12.4 Å². The molecule has 28 heavy (non-hydrogen) atoms. The van der Waals surface area contributed by atoms with Gasteiger partial charge < -0.3 is 14.7 Å². The van der Waals surface area contributed by atoms with Crippen molar-refractivity contribution in [3.05, 3.63) is 77.1 Å². The van der Waals surface area contributed by atoms with E-state index in [9.17, 15) is 9.90 Å². The number of benzene rings is 1. The molecule has 1 aliphatic heterocycles. The van der Waals surface area contributed by atoms with Gasteiger partial charge >= 0.3 is 0 Å². The predicted octanol–water partition coefficient (Wildman–Crippen LogP) is 2.66. The van der Waals surface area contributed by atoms with Gasteiger partial charge in [0.05, 0.1) is 12.1 Å². The second-order valence-electron chi connectivity index (χ2n) is 7.61. The molecule has 3 aromatic rings. The summed E-state index contributed by atoms with van der Waals surface area (Å²) in [5.41, 5.74) is 1.91. The number of H-pyrrole nitrogens is 1. The van der Waals surface area contributed by atoms with Crippen molar-refractivity contribution in [1.29, 1.82) is 0 Å². The second-order valence-corrected chi connectivity index (χ2v) is 7.61. The molecule has 0 aliphatic carbocycles. The van der Waals surface area contributed by atoms with E-state index in [0.717, 1.165) is 37.2 Å². The van der Waals surface area contributed by atoms with Gasteiger partial charge in [-0.25, -0.2) is 0 Å². The van der Waals surface area contributed by atoms with Gasteiger partial charge in [0.2, 0.25) is 0 Å². The molecule has 2 N–H and O–H groups in total. The molecule has 1 saturated heterocycles. The largest absolute Gasteiger partial charge is 0.388 e. The SMILES string of the molecule is O=c1[nH]ccnc1CN1CCCC(O)(Cn2cccc2-c2ccccc2)CC1. The zero-order chi connectivity index (χ0) is 19.4. The summed E-state index contributed by atoms with van der Waals surface area (Å²) in [4.78, 5) is 21.0. The molecule has 3 heterocycles. The maximum Gasteiger partial charge on any atom is 0.270 e. The lowest BCUT2D eigenvalue weighted by Crippen LogP contribution is -2.36. The monoisotopic (exact) mass is 378 g/mol. The Balaban J connectivity index is 1.45. The van der Waals surface area contributed by atoms with Gasteiger partial charge in [0.25, 0.3) is 5.56 Å². The molecule has 6 heteroatoms. The molecule has 1 atom stereocenters. The third-order valence-corrected chi connectivity index (χ3v) is 5.53. The summed E-state index contributed by atoms with van der Waals surface area (Å²) in [6.45, 7) is 2.69. The number of aliphatic hydroxyl groups is 1. The molecule has 146 valence electrons. The van der Waals surface area contributed by atoms with Crippen molar-refractivity contribution < 1.29 is 5.11 Å². The van der Waals surface area contributed by atoms with Crippen molar-refractivity contribution >= 4 is 0 Å². The first-order valence-corrected chi connectivity index (χ1v) is 9.81. The normalized spacial score (nSPS) is 20.8. The summed E-state index contributed by atoms with van der Waals surface area (Å²) >= 11 is 0. The Morgan fingerprint density at radius 1 is 1.11 bits per heavy atom. The maximum atomic E-state index is 11.9. The molecule has 1 fully saturated rings. The average molecular weight is 378 g/mol. The van der Waals surface area contributed by atoms with E-state index in [4.69, 9.17) is 0 Å². The van der Waals surface area contributed by atoms with Crippen LogP contribution in [-0.2, 0) is 13.1 Å². The van der Waals surface area contributed by atoms with Gasteiger partial charge in [0.1, 0.15) is 5.69 Å². The van der Waals surface area contributed by atoms with Gasteiger partial charge in [0.15, 0.2) is 0 Å². The molecule has 0 spiro atoms. The zero-order valence-corrected chi connectivity index (χ0v) is 15.9. The van der Waals surface area contributed by atoms with Gasteiger partial charge in [0, 0.05) is 37.4 Å². The van der Waals surface area contributed by atoms with Crippen LogP contribution in [0.25, 0.3) is 11.3 Å². The molecule has 0 saturated carbocycles. The van der Waals surface area contributed by atoms with E-state index in [-0.39, 0.29) is 5.56 Å². The number of likely N-dealkylation sites (tertiary alicyclic amines) is 1. The van der Waals surface area contributed by atoms with Crippen molar-refractivity contribution in [2.24, 2.45) is 0 Å². The van der Waals surface area contributed by atoms with E-state index in [2.05, 4.69) is 37.6 Å². The highest BCUT2D eigenvalue weighted by Gasteiger charge is 2.31. The molecule has 6 nitrogen and oxygen atoms in total. The summed E-state index contributed by atoms with van der Waals surface area (Å²) in [5.74, 6) is 0. The minimum absolute atomic E-state index is 0.137. The number of hydrogen-bond acceptors (Lipinski definition) is 4. The van der Waals surface area contributed by atoms with Gasteiger partial charge in [-0.05, 0) is 43.5 Å². The van der Waals surface area contributed by atoms with Crippen LogP contribution in [0.3, 0.4) is 0 Å². The fourth-order valence-electron chi connectivity index (χ4n) is 4.00. The van der Waals surface area contributed by atoms with Gasteiger partial charge in [-0.3, -0.25) is 14.7 Å². The Morgan fingerprint density at radius 2 is 1.96 bits per heavy atom. The van der Waals surface area contributed by atoms with Crippen LogP contribution < -0.4 is 5.56 Å². The highest BCUT2D eigenvalue weighted by molar-refractivity contribution is 5.59. The molecule has 0 amide bonds. The van der Waals surface area contributed by atoms with Gasteiger partial charge in [-0.2, -0.15) is 0 Å². The maximum absolute atomic E-state index is 11.9. The Hall–Kier alpha value is -2.70. The number of rotatable bonds is 5. The van der Waals surface area contributed by atoms with Crippen LogP contribution >= 0.6 is 0 Å². The molecule has 1 unspecified atom stereocenters. The zero-order valence-electron chi connectivity index (χ0n) is 15.9. The van der Waals surface area contributed by atoms with Crippen LogP contribution in [0, 0.1) is 0 Å². The molecular formula is C22H26N4O2. The van der Waals surface area contributed by atoms with Crippen molar-refractivity contribution in [2.45, 2.75) is 38.0 Å². The van der Waals surface area contributed by atoms with Gasteiger partial charge in [-0.1, -0.05) is 30.3 Å². The minimum Gasteiger partial charge on any atom is -0.388 e. The van der Waals surface area contributed by atoms with Crippen LogP contribution in [0.1, 0.15) is 25.0 Å². The quantitative estimate of drug-likeness (QED) is 0.716. The molecule has 1 aliphatic rings. The van der Waals surface area contributed by atoms with E-state index >= 15 is 0 Å². The lowest BCUT2D eigenvalue weighted by Gasteiger charge is -2.28. The first-order chi connectivity index (χ1) is 13.6. The molecule has 0 radical (unpaired) electrons. The molecule has 2 aromatic heterocycles. The average Bonchev–Trinajstić information content (AvgIpc) is 3.08. The van der Waals surface area contributed by atoms with Crippen molar-refractivity contribution in [2.75, 3.05) is 13.1 Å². The smallest absolute Gasteiger partial charge is 0.270 e. The Morgan fingerprint density at radius 3 is 2.79 bits per heavy atom. The molecular weight excluding hydrogens is 352 g/mol. The van der Waals surface area contributed by atoms with Crippen LogP contribution in [0.5, 0.6) is 0 Å². The standard InChI is InChI=1S/C22H26N4O2/c27-21-19(23-11-12-24-21)16-25-13-5-9-22(28,10-15-25)17-26-14-4-8-20(26)18-6-2-1-3-7-18/h1-4,6-8,11-12,14,28H,5,9-10,13,15-17H2,(H,24,27). The van der Waals surface area contributed by atoms with E-state index in [1.807, 2.05) is 30.5 Å². The van der Waals surface area contributed by atoms with E-state index in [0.29, 0.717) is 25.2 Å². The highest BCUT2D eigenvalue weighted by Crippen LogP contribution is 2.28. The lowest BCUT2D eigenvalue weighted by molar-refractivity contribution is 0.00888. The topological polar surface area (TPSA) is 74.2 Å². The van der Waals surface area contributed by atoms with Crippen LogP contribution in [0.2, 0.25) is 0 Å². The third-order valence-electron chi connectivity index (χ3n) is 5.53. The summed E-state index contributed by atoms with van der Waals surface area (Å²) < 4.78 is 2.15. The van der Waals surface area contributed by atoms with Crippen LogP contribution in [0.4, 0.5) is 0 Å². The van der Waals surface area contributed by atoms with Crippen molar-refractivity contribution in [1.82, 2.24) is 19.4 Å². The van der Waals surface area contributed by atoms with Gasteiger partial charge in [-0.15, -0.1) is 0 Å². The van der Waals surface area contributed by atoms with Crippen LogP contribution in [-0.4, -0.2) is 43.2 Å². The van der Waals surface area contributed by atoms with Crippen molar-refractivity contribution in [3.63, 3.8) is 0 Å². The van der Waals surface area contributed by atoms with Crippen LogP contribution in [0.15, 0.2) is 65.8 Å². The summed E-state index contributed by atoms with van der Waals surface area (Å²) in [6, 6.07) is 14.4. The summed E-state index contributed by atoms with van der Waals surface area (Å²) in [5, 5.41) is 11.3. The molecule has 1 aromatic carbocycles. The Kier molecular flexibility index (Phi) is 5.41. The predicted molar refractivity (Wildman–Crippen MR) is 109 cm³/mol. The minimum atomic E-state index is -0.756. The first kappa shape index (κ1) is 18.7. The van der Waals surface area contributed by atoms with Crippen molar-refractivity contribution in [3.8, 4) is 11.3 Å². The molecule has 4 rings (SSSR count). The number of aromatic nitrogens is 3. The number of nitrogens with one attached hydrogen (secondary N) is 1. The summed E-state index contributed by atoms with van der Waals surface area (Å²) in [7, 11) is 0. The number of aromatic amines is 1. The third kappa shape index (κ3) is 4.24. The molecule has 0 bridgehead atoms. The fraction of sp³-hybridized carbons (Fsp3) is 0.364. The second kappa shape index (κ2) is 8.12. The number of nitrogens with zero attached hydrogens (tertiary/aromatic N) is 3. The first-order valence-electron chi connectivity index (χ1n) is 9.81. The highest BCUT2D eigenvalue weighted by atomic mass is 16.3. The van der Waals surface area contributed by atoms with E-state index < -0.39 is 5.60 Å². The fourth-order valence-corrected chi connectivity index (χ4v) is 4.00. The summed E-state index contributed by atoms with van der Waals surface area (Å²) in [6.07, 6.45) is 7.51.